The van der Waals surface area contributed by atoms with Crippen LogP contribution in [0.5, 0.6) is 0 Å². The molecule has 0 saturated heterocycles. The third kappa shape index (κ3) is 4.89. The Kier molecular flexibility index (Phi) is 6.35. The Hall–Kier alpha value is -1.99. The predicted molar refractivity (Wildman–Crippen MR) is 111 cm³/mol. The van der Waals surface area contributed by atoms with Gasteiger partial charge >= 0.3 is 5.97 Å². The fraction of sp³-hybridized carbons (Fsp3) is 0.476. The van der Waals surface area contributed by atoms with Crippen molar-refractivity contribution in [2.45, 2.75) is 53.0 Å². The monoisotopic (exact) mass is 419 g/mol. The number of carbonyl (C=O) groups excluding carboxylic acids is 3. The normalized spacial score (nSPS) is 13.7. The molecule has 7 heteroatoms. The summed E-state index contributed by atoms with van der Waals surface area (Å²) in [5.41, 5.74) is 1.26. The highest BCUT2D eigenvalue weighted by Crippen LogP contribution is 2.30. The van der Waals surface area contributed by atoms with Crippen molar-refractivity contribution in [1.82, 2.24) is 5.32 Å². The van der Waals surface area contributed by atoms with Gasteiger partial charge in [0, 0.05) is 20.5 Å². The molecule has 2 aromatic heterocycles. The number of Topliss-reactive ketones (excluding diaryl/α,β-unsaturated/α-hetero) is 1. The van der Waals surface area contributed by atoms with Gasteiger partial charge in [-0.05, 0) is 43.4 Å². The number of ketones is 1. The molecule has 0 aromatic carbocycles. The number of hydrogen-bond donors (Lipinski definition) is 1. The average Bonchev–Trinajstić information content (AvgIpc) is 3.30. The number of esters is 1. The molecule has 1 aliphatic carbocycles. The quantitative estimate of drug-likeness (QED) is 0.557. The number of ether oxygens (including phenoxy) is 1. The molecule has 5 nitrogen and oxygen atoms in total. The molecule has 2 aromatic rings. The van der Waals surface area contributed by atoms with Gasteiger partial charge in [-0.1, -0.05) is 20.8 Å². The Bertz CT molecular complexity index is 889. The van der Waals surface area contributed by atoms with Crippen LogP contribution in [0.3, 0.4) is 0 Å². The van der Waals surface area contributed by atoms with E-state index in [-0.39, 0.29) is 18.3 Å². The standard InChI is InChI=1S/C21H25NO4S2/c1-21(2,3)20(25)22-10-13-8-9-18(28-13)16(23)11-26-19(24)15-12-27-17-7-5-4-6-14(15)17/h8-9,12H,4-7,10-11H2,1-3H3,(H,22,25). The summed E-state index contributed by atoms with van der Waals surface area (Å²) in [6.45, 7) is 5.67. The molecule has 0 unspecified atom stereocenters. The molecular weight excluding hydrogens is 394 g/mol. The molecule has 1 aliphatic rings. The number of thiophene rings is 2. The lowest BCUT2D eigenvalue weighted by Crippen LogP contribution is -2.34. The van der Waals surface area contributed by atoms with Gasteiger partial charge in [0.25, 0.3) is 0 Å². The van der Waals surface area contributed by atoms with Crippen molar-refractivity contribution in [3.63, 3.8) is 0 Å². The maximum absolute atomic E-state index is 12.4. The smallest absolute Gasteiger partial charge is 0.339 e. The zero-order valence-corrected chi connectivity index (χ0v) is 18.1. The van der Waals surface area contributed by atoms with E-state index in [1.54, 1.807) is 17.4 Å². The second-order valence-electron chi connectivity index (χ2n) is 7.96. The fourth-order valence-corrected chi connectivity index (χ4v) is 4.99. The molecule has 0 aliphatic heterocycles. The second kappa shape index (κ2) is 8.57. The van der Waals surface area contributed by atoms with Crippen LogP contribution >= 0.6 is 22.7 Å². The van der Waals surface area contributed by atoms with Crippen LogP contribution in [-0.2, 0) is 28.9 Å². The molecule has 1 N–H and O–H groups in total. The molecule has 0 radical (unpaired) electrons. The zero-order valence-electron chi connectivity index (χ0n) is 16.4. The van der Waals surface area contributed by atoms with E-state index in [9.17, 15) is 14.4 Å². The van der Waals surface area contributed by atoms with Gasteiger partial charge < -0.3 is 10.1 Å². The summed E-state index contributed by atoms with van der Waals surface area (Å²) in [5, 5.41) is 4.72. The Morgan fingerprint density at radius 2 is 1.89 bits per heavy atom. The number of amides is 1. The highest BCUT2D eigenvalue weighted by atomic mass is 32.1. The SMILES string of the molecule is CC(C)(C)C(=O)NCc1ccc(C(=O)COC(=O)c2csc3c2CCCC3)s1. The van der Waals surface area contributed by atoms with Gasteiger partial charge in [-0.25, -0.2) is 4.79 Å². The number of hydrogen-bond acceptors (Lipinski definition) is 6. The summed E-state index contributed by atoms with van der Waals surface area (Å²) in [4.78, 5) is 39.4. The lowest BCUT2D eigenvalue weighted by Gasteiger charge is -2.17. The lowest BCUT2D eigenvalue weighted by molar-refractivity contribution is -0.128. The van der Waals surface area contributed by atoms with E-state index in [2.05, 4.69) is 5.32 Å². The minimum atomic E-state index is -0.453. The highest BCUT2D eigenvalue weighted by molar-refractivity contribution is 7.14. The maximum atomic E-state index is 12.4. The first kappa shape index (κ1) is 20.7. The first-order chi connectivity index (χ1) is 13.3. The number of nitrogens with one attached hydrogen (secondary N) is 1. The third-order valence-electron chi connectivity index (χ3n) is 4.66. The van der Waals surface area contributed by atoms with Gasteiger partial charge in [0.15, 0.2) is 6.61 Å². The number of fused-ring (bicyclic) bond motifs is 1. The van der Waals surface area contributed by atoms with Crippen LogP contribution in [-0.4, -0.2) is 24.3 Å². The van der Waals surface area contributed by atoms with E-state index in [1.165, 1.54) is 16.2 Å². The molecule has 0 saturated carbocycles. The minimum Gasteiger partial charge on any atom is -0.454 e. The van der Waals surface area contributed by atoms with Crippen LogP contribution in [0.15, 0.2) is 17.5 Å². The average molecular weight is 420 g/mol. The van der Waals surface area contributed by atoms with Crippen molar-refractivity contribution in [2.24, 2.45) is 5.41 Å². The molecule has 0 bridgehead atoms. The van der Waals surface area contributed by atoms with Gasteiger partial charge in [0.2, 0.25) is 11.7 Å². The maximum Gasteiger partial charge on any atom is 0.339 e. The van der Waals surface area contributed by atoms with E-state index in [4.69, 9.17) is 4.74 Å². The summed E-state index contributed by atoms with van der Waals surface area (Å²) >= 11 is 2.92. The Morgan fingerprint density at radius 1 is 1.14 bits per heavy atom. The summed E-state index contributed by atoms with van der Waals surface area (Å²) < 4.78 is 5.28. The van der Waals surface area contributed by atoms with Crippen LogP contribution in [0.25, 0.3) is 0 Å². The largest absolute Gasteiger partial charge is 0.454 e. The van der Waals surface area contributed by atoms with E-state index < -0.39 is 11.4 Å². The Morgan fingerprint density at radius 3 is 2.64 bits per heavy atom. The molecular formula is C21H25NO4S2. The first-order valence-corrected chi connectivity index (χ1v) is 11.1. The molecule has 3 rings (SSSR count). The van der Waals surface area contributed by atoms with Crippen molar-refractivity contribution < 1.29 is 19.1 Å². The second-order valence-corrected chi connectivity index (χ2v) is 10.1. The molecule has 2 heterocycles. The summed E-state index contributed by atoms with van der Waals surface area (Å²) in [5.74, 6) is -0.681. The van der Waals surface area contributed by atoms with E-state index in [0.29, 0.717) is 17.0 Å². The van der Waals surface area contributed by atoms with Gasteiger partial charge in [-0.2, -0.15) is 0 Å². The van der Waals surface area contributed by atoms with E-state index in [1.807, 2.05) is 32.2 Å². The Labute approximate surface area is 173 Å². The Balaban J connectivity index is 1.53. The molecule has 0 atom stereocenters. The minimum absolute atomic E-state index is 0.0400. The summed E-state index contributed by atoms with van der Waals surface area (Å²) in [7, 11) is 0. The molecule has 28 heavy (non-hydrogen) atoms. The summed E-state index contributed by atoms with van der Waals surface area (Å²) in [6, 6.07) is 3.53. The topological polar surface area (TPSA) is 72.5 Å². The van der Waals surface area contributed by atoms with E-state index >= 15 is 0 Å². The van der Waals surface area contributed by atoms with Crippen LogP contribution in [0, 0.1) is 5.41 Å². The van der Waals surface area contributed by atoms with Crippen LogP contribution in [0.1, 0.15) is 69.0 Å². The van der Waals surface area contributed by atoms with Gasteiger partial charge in [0.1, 0.15) is 0 Å². The third-order valence-corrected chi connectivity index (χ3v) is 6.87. The summed E-state index contributed by atoms with van der Waals surface area (Å²) in [6.07, 6.45) is 4.19. The van der Waals surface area contributed by atoms with Gasteiger partial charge in [-0.15, -0.1) is 22.7 Å². The highest BCUT2D eigenvalue weighted by Gasteiger charge is 2.23. The zero-order chi connectivity index (χ0) is 20.3. The fourth-order valence-electron chi connectivity index (χ4n) is 3.00. The molecule has 0 fully saturated rings. The van der Waals surface area contributed by atoms with Crippen molar-refractivity contribution in [2.75, 3.05) is 6.61 Å². The molecule has 150 valence electrons. The number of aryl methyl sites for hydroxylation is 1. The number of rotatable bonds is 6. The van der Waals surface area contributed by atoms with Crippen molar-refractivity contribution in [3.8, 4) is 0 Å². The molecule has 0 spiro atoms. The van der Waals surface area contributed by atoms with Crippen molar-refractivity contribution >= 4 is 40.3 Å². The first-order valence-electron chi connectivity index (χ1n) is 9.42. The van der Waals surface area contributed by atoms with Crippen molar-refractivity contribution in [3.05, 3.63) is 43.3 Å². The molecule has 1 amide bonds. The van der Waals surface area contributed by atoms with E-state index in [0.717, 1.165) is 36.1 Å². The van der Waals surface area contributed by atoms with Gasteiger partial charge in [0.05, 0.1) is 17.0 Å². The van der Waals surface area contributed by atoms with Crippen LogP contribution in [0.2, 0.25) is 0 Å². The van der Waals surface area contributed by atoms with Crippen LogP contribution in [0.4, 0.5) is 0 Å². The van der Waals surface area contributed by atoms with Gasteiger partial charge in [-0.3, -0.25) is 9.59 Å². The lowest BCUT2D eigenvalue weighted by atomic mass is 9.96. The number of carbonyl (C=O) groups is 3. The predicted octanol–water partition coefficient (Wildman–Crippen LogP) is 4.39. The van der Waals surface area contributed by atoms with Crippen LogP contribution < -0.4 is 5.32 Å². The van der Waals surface area contributed by atoms with Crippen molar-refractivity contribution in [1.29, 1.82) is 0 Å².